The van der Waals surface area contributed by atoms with E-state index in [9.17, 15) is 0 Å². The van der Waals surface area contributed by atoms with E-state index >= 15 is 0 Å². The Hall–Kier alpha value is -2.47. The van der Waals surface area contributed by atoms with Crippen LogP contribution in [0.4, 0.5) is 5.69 Å². The molecule has 2 aromatic carbocycles. The van der Waals surface area contributed by atoms with Crippen LogP contribution in [0, 0.1) is 10.9 Å². The zero-order valence-corrected chi connectivity index (χ0v) is 15.3. The summed E-state index contributed by atoms with van der Waals surface area (Å²) >= 11 is 1.40. The molecular weight excluding hydrogens is 332 g/mol. The van der Waals surface area contributed by atoms with Crippen LogP contribution in [-0.4, -0.2) is 10.7 Å². The van der Waals surface area contributed by atoms with Gasteiger partial charge < -0.3 is 9.30 Å². The average Bonchev–Trinajstić information content (AvgIpc) is 2.94. The zero-order chi connectivity index (χ0) is 17.8. The lowest BCUT2D eigenvalue weighted by Gasteiger charge is -2.17. The van der Waals surface area contributed by atoms with E-state index in [2.05, 4.69) is 31.1 Å². The molecule has 0 amide bonds. The molecule has 3 aromatic rings. The number of hydrogen-bond donors (Lipinski definition) is 2. The van der Waals surface area contributed by atoms with Crippen molar-refractivity contribution in [2.75, 3.05) is 0 Å². The monoisotopic (exact) mass is 354 g/mol. The van der Waals surface area contributed by atoms with Gasteiger partial charge in [0, 0.05) is 6.07 Å². The van der Waals surface area contributed by atoms with E-state index < -0.39 is 0 Å². The molecular formula is C19H22N4OS. The van der Waals surface area contributed by atoms with Crippen molar-refractivity contribution < 1.29 is 4.74 Å². The van der Waals surface area contributed by atoms with Gasteiger partial charge in [0.1, 0.15) is 11.4 Å². The largest absolute Gasteiger partial charge is 0.488 e. The maximum absolute atomic E-state index is 8.32. The van der Waals surface area contributed by atoms with Crippen LogP contribution in [0.3, 0.4) is 0 Å². The molecule has 0 saturated heterocycles. The lowest BCUT2D eigenvalue weighted by molar-refractivity contribution is 0.194. The molecule has 2 N–H and O–H groups in total. The first kappa shape index (κ1) is 17.4. The minimum atomic E-state index is 0.106. The van der Waals surface area contributed by atoms with E-state index in [1.165, 1.54) is 11.3 Å². The van der Waals surface area contributed by atoms with E-state index in [1.807, 2.05) is 34.9 Å². The Morgan fingerprint density at radius 1 is 1.16 bits per heavy atom. The van der Waals surface area contributed by atoms with Gasteiger partial charge in [0.2, 0.25) is 0 Å². The number of rotatable bonds is 7. The molecule has 0 aliphatic heterocycles. The smallest absolute Gasteiger partial charge is 0.183 e. The van der Waals surface area contributed by atoms with E-state index in [0.29, 0.717) is 22.8 Å². The molecule has 3 rings (SSSR count). The fraction of sp³-hybridized carbons (Fsp3) is 0.316. The van der Waals surface area contributed by atoms with Crippen molar-refractivity contribution in [1.29, 1.82) is 10.9 Å². The van der Waals surface area contributed by atoms with Gasteiger partial charge in [-0.05, 0) is 24.5 Å². The topological polar surface area (TPSA) is 74.2 Å². The van der Waals surface area contributed by atoms with Gasteiger partial charge in [0.25, 0.3) is 0 Å². The average molecular weight is 354 g/mol. The number of fused-ring (bicyclic) bond motifs is 1. The molecule has 0 aliphatic rings. The van der Waals surface area contributed by atoms with Crippen LogP contribution in [0.2, 0.25) is 0 Å². The molecule has 0 bridgehead atoms. The number of ether oxygens (including phenoxy) is 1. The lowest BCUT2D eigenvalue weighted by Crippen LogP contribution is -2.15. The number of aromatic nitrogens is 1. The highest BCUT2D eigenvalue weighted by atomic mass is 32.1. The molecule has 5 nitrogen and oxygen atoms in total. The standard InChI is InChI=1S/C19H22N4OS/c1-3-14(4-2)24-17-11-16-18(10-15(17)22-21)25-19(20)23(16)12-13-8-6-5-7-9-13/h5-11,14,20-21H,3-4,12H2,1-2H3. The first-order valence-electron chi connectivity index (χ1n) is 8.46. The number of benzene rings is 2. The molecule has 0 saturated carbocycles. The van der Waals surface area contributed by atoms with Crippen molar-refractivity contribution in [2.45, 2.75) is 39.3 Å². The van der Waals surface area contributed by atoms with Crippen LogP contribution in [0.15, 0.2) is 47.6 Å². The summed E-state index contributed by atoms with van der Waals surface area (Å²) in [4.78, 5) is 0.481. The summed E-state index contributed by atoms with van der Waals surface area (Å²) in [6.07, 6.45) is 1.92. The lowest BCUT2D eigenvalue weighted by atomic mass is 10.2. The molecule has 130 valence electrons. The Morgan fingerprint density at radius 2 is 1.88 bits per heavy atom. The Balaban J connectivity index is 2.08. The Labute approximate surface area is 150 Å². The third-order valence-corrected chi connectivity index (χ3v) is 5.25. The van der Waals surface area contributed by atoms with Crippen LogP contribution < -0.4 is 9.54 Å². The number of thiazole rings is 1. The summed E-state index contributed by atoms with van der Waals surface area (Å²) in [6, 6.07) is 13.9. The highest BCUT2D eigenvalue weighted by Gasteiger charge is 2.15. The van der Waals surface area contributed by atoms with E-state index in [1.54, 1.807) is 0 Å². The summed E-state index contributed by atoms with van der Waals surface area (Å²) in [5.74, 6) is 0.621. The first-order chi connectivity index (χ1) is 12.2. The van der Waals surface area contributed by atoms with Crippen LogP contribution >= 0.6 is 11.3 Å². The van der Waals surface area contributed by atoms with Crippen LogP contribution in [-0.2, 0) is 6.54 Å². The van der Waals surface area contributed by atoms with Crippen molar-refractivity contribution in [3.63, 3.8) is 0 Å². The number of hydrogen-bond acceptors (Lipinski definition) is 5. The van der Waals surface area contributed by atoms with Crippen molar-refractivity contribution >= 4 is 27.2 Å². The second kappa shape index (κ2) is 7.61. The number of nitrogens with one attached hydrogen (secondary N) is 2. The molecule has 1 aromatic heterocycles. The van der Waals surface area contributed by atoms with Gasteiger partial charge in [-0.25, -0.2) is 5.53 Å². The van der Waals surface area contributed by atoms with E-state index in [0.717, 1.165) is 28.6 Å². The first-order valence-corrected chi connectivity index (χ1v) is 9.27. The third-order valence-electron chi connectivity index (χ3n) is 4.29. The molecule has 0 unspecified atom stereocenters. The molecule has 6 heteroatoms. The summed E-state index contributed by atoms with van der Waals surface area (Å²) in [7, 11) is 0. The van der Waals surface area contributed by atoms with Gasteiger partial charge >= 0.3 is 0 Å². The summed E-state index contributed by atoms with van der Waals surface area (Å²) < 4.78 is 9.00. The molecule has 0 radical (unpaired) electrons. The minimum Gasteiger partial charge on any atom is -0.488 e. The molecule has 0 fully saturated rings. The Bertz CT molecular complexity index is 926. The van der Waals surface area contributed by atoms with Crippen LogP contribution in [0.25, 0.3) is 10.2 Å². The fourth-order valence-electron chi connectivity index (χ4n) is 2.84. The maximum Gasteiger partial charge on any atom is 0.183 e. The maximum atomic E-state index is 8.32. The molecule has 1 heterocycles. The van der Waals surface area contributed by atoms with E-state index in [-0.39, 0.29) is 6.10 Å². The van der Waals surface area contributed by atoms with Crippen LogP contribution in [0.1, 0.15) is 32.3 Å². The summed E-state index contributed by atoms with van der Waals surface area (Å²) in [5, 5.41) is 11.9. The highest BCUT2D eigenvalue weighted by molar-refractivity contribution is 7.16. The van der Waals surface area contributed by atoms with Crippen molar-refractivity contribution in [2.24, 2.45) is 5.11 Å². The minimum absolute atomic E-state index is 0.106. The van der Waals surface area contributed by atoms with Crippen molar-refractivity contribution in [3.8, 4) is 5.75 Å². The highest BCUT2D eigenvalue weighted by Crippen LogP contribution is 2.35. The predicted molar refractivity (Wildman–Crippen MR) is 101 cm³/mol. The Morgan fingerprint density at radius 3 is 2.52 bits per heavy atom. The van der Waals surface area contributed by atoms with Gasteiger partial charge in [0.15, 0.2) is 4.80 Å². The number of nitrogens with zero attached hydrogens (tertiary/aromatic N) is 2. The fourth-order valence-corrected chi connectivity index (χ4v) is 3.77. The van der Waals surface area contributed by atoms with Gasteiger partial charge in [-0.2, -0.15) is 5.11 Å². The molecule has 0 spiro atoms. The van der Waals surface area contributed by atoms with Gasteiger partial charge in [0.05, 0.1) is 22.9 Å². The summed E-state index contributed by atoms with van der Waals surface area (Å²) in [5.41, 5.74) is 10.1. The van der Waals surface area contributed by atoms with Gasteiger partial charge in [-0.3, -0.25) is 5.41 Å². The normalized spacial score (nSPS) is 11.2. The summed E-state index contributed by atoms with van der Waals surface area (Å²) in [6.45, 7) is 4.82. The van der Waals surface area contributed by atoms with Gasteiger partial charge in [-0.1, -0.05) is 55.5 Å². The molecule has 25 heavy (non-hydrogen) atoms. The van der Waals surface area contributed by atoms with Gasteiger partial charge in [-0.15, -0.1) is 0 Å². The molecule has 0 atom stereocenters. The zero-order valence-electron chi connectivity index (χ0n) is 14.5. The van der Waals surface area contributed by atoms with Crippen molar-refractivity contribution in [1.82, 2.24) is 4.57 Å². The van der Waals surface area contributed by atoms with Crippen molar-refractivity contribution in [3.05, 3.63) is 52.8 Å². The second-order valence-electron chi connectivity index (χ2n) is 5.93. The second-order valence-corrected chi connectivity index (χ2v) is 6.97. The van der Waals surface area contributed by atoms with Crippen LogP contribution in [0.5, 0.6) is 5.75 Å². The predicted octanol–water partition coefficient (Wildman–Crippen LogP) is 5.46. The Kier molecular flexibility index (Phi) is 5.28. The third kappa shape index (κ3) is 3.64. The quantitative estimate of drug-likeness (QED) is 0.543. The molecule has 0 aliphatic carbocycles. The SMILES string of the molecule is CCC(CC)Oc1cc2c(cc1N=N)sc(=N)n2Cc1ccccc1. The van der Waals surface area contributed by atoms with E-state index in [4.69, 9.17) is 15.7 Å².